The van der Waals surface area contributed by atoms with Crippen molar-refractivity contribution in [2.24, 2.45) is 17.0 Å². The predicted octanol–water partition coefficient (Wildman–Crippen LogP) is 6.40. The molecule has 154 valence electrons. The monoisotopic (exact) mass is 399 g/mol. The fourth-order valence-corrected chi connectivity index (χ4v) is 3.34. The van der Waals surface area contributed by atoms with Crippen LogP contribution in [0, 0.1) is 23.5 Å². The number of rotatable bonds is 6. The van der Waals surface area contributed by atoms with Crippen LogP contribution in [0.3, 0.4) is 0 Å². The highest BCUT2D eigenvalue weighted by molar-refractivity contribution is 6.06. The second-order valence-corrected chi connectivity index (χ2v) is 8.72. The smallest absolute Gasteiger partial charge is 0.163 e. The van der Waals surface area contributed by atoms with Crippen LogP contribution in [-0.2, 0) is 4.84 Å². The van der Waals surface area contributed by atoms with Gasteiger partial charge in [0.25, 0.3) is 0 Å². The lowest BCUT2D eigenvalue weighted by Crippen LogP contribution is -2.31. The highest BCUT2D eigenvalue weighted by Gasteiger charge is 2.38. The van der Waals surface area contributed by atoms with Gasteiger partial charge in [-0.3, -0.25) is 4.79 Å². The summed E-state index contributed by atoms with van der Waals surface area (Å²) in [5.74, 6) is -0.866. The molecule has 1 aliphatic heterocycles. The Hall–Kier alpha value is -2.56. The second kappa shape index (κ2) is 8.05. The number of ketones is 1. The van der Waals surface area contributed by atoms with Gasteiger partial charge in [0.15, 0.2) is 5.78 Å². The molecule has 1 heterocycles. The molecule has 0 saturated carbocycles. The number of carbonyl (C=O) groups excluding carboxylic acids is 1. The van der Waals surface area contributed by atoms with E-state index in [0.717, 1.165) is 17.3 Å². The van der Waals surface area contributed by atoms with Crippen LogP contribution in [-0.4, -0.2) is 17.1 Å². The topological polar surface area (TPSA) is 38.7 Å². The van der Waals surface area contributed by atoms with E-state index < -0.39 is 17.2 Å². The molecular formula is C24H27F2NO2. The first kappa shape index (κ1) is 21.2. The second-order valence-electron chi connectivity index (χ2n) is 8.72. The van der Waals surface area contributed by atoms with Crippen LogP contribution in [0.4, 0.5) is 8.78 Å². The minimum Gasteiger partial charge on any atom is -0.389 e. The molecule has 1 atom stereocenters. The third kappa shape index (κ3) is 4.55. The van der Waals surface area contributed by atoms with Crippen molar-refractivity contribution in [2.45, 2.75) is 53.1 Å². The Labute approximate surface area is 170 Å². The Morgan fingerprint density at radius 1 is 1.10 bits per heavy atom. The summed E-state index contributed by atoms with van der Waals surface area (Å²) in [6.07, 6.45) is 0.985. The van der Waals surface area contributed by atoms with E-state index in [0.29, 0.717) is 24.0 Å². The Kier molecular flexibility index (Phi) is 5.87. The Bertz CT molecular complexity index is 965. The van der Waals surface area contributed by atoms with Crippen LogP contribution in [0.5, 0.6) is 0 Å². The first-order chi connectivity index (χ1) is 13.6. The van der Waals surface area contributed by atoms with Gasteiger partial charge in [-0.2, -0.15) is 0 Å². The maximum atomic E-state index is 14.4. The summed E-state index contributed by atoms with van der Waals surface area (Å²) in [6.45, 7) is 10.1. The van der Waals surface area contributed by atoms with Gasteiger partial charge in [0, 0.05) is 35.6 Å². The minimum absolute atomic E-state index is 0.0169. The van der Waals surface area contributed by atoms with Crippen molar-refractivity contribution in [3.63, 3.8) is 0 Å². The lowest BCUT2D eigenvalue weighted by Gasteiger charge is -2.25. The normalized spacial score (nSPS) is 18.9. The van der Waals surface area contributed by atoms with Gasteiger partial charge in [-0.15, -0.1) is 0 Å². The van der Waals surface area contributed by atoms with Gasteiger partial charge < -0.3 is 4.84 Å². The summed E-state index contributed by atoms with van der Waals surface area (Å²) in [5, 5.41) is 4.26. The lowest BCUT2D eigenvalue weighted by atomic mass is 9.85. The van der Waals surface area contributed by atoms with Crippen molar-refractivity contribution in [3.05, 3.63) is 59.2 Å². The maximum absolute atomic E-state index is 14.4. The third-order valence-corrected chi connectivity index (χ3v) is 5.53. The average molecular weight is 399 g/mol. The van der Waals surface area contributed by atoms with Crippen molar-refractivity contribution in [1.29, 1.82) is 0 Å². The number of hydrogen-bond donors (Lipinski definition) is 0. The molecule has 0 saturated heterocycles. The lowest BCUT2D eigenvalue weighted by molar-refractivity contribution is -0.0384. The SMILES string of the molecule is CC(C)CC(=O)c1cc(C2=NOC(C)(C(C)C)C2)cc(-c2ccc(F)cc2F)c1. The quantitative estimate of drug-likeness (QED) is 0.527. The van der Waals surface area contributed by atoms with E-state index in [4.69, 9.17) is 4.84 Å². The first-order valence-corrected chi connectivity index (χ1v) is 9.98. The van der Waals surface area contributed by atoms with Crippen molar-refractivity contribution >= 4 is 11.5 Å². The number of nitrogens with zero attached hydrogens (tertiary/aromatic N) is 1. The van der Waals surface area contributed by atoms with Gasteiger partial charge in [-0.05, 0) is 54.7 Å². The molecule has 3 rings (SSSR count). The molecule has 0 spiro atoms. The fourth-order valence-electron chi connectivity index (χ4n) is 3.34. The van der Waals surface area contributed by atoms with E-state index in [9.17, 15) is 13.6 Å². The highest BCUT2D eigenvalue weighted by Crippen LogP contribution is 2.35. The Morgan fingerprint density at radius 2 is 1.79 bits per heavy atom. The van der Waals surface area contributed by atoms with Gasteiger partial charge in [0.05, 0.1) is 5.71 Å². The Morgan fingerprint density at radius 3 is 2.38 bits per heavy atom. The van der Waals surface area contributed by atoms with E-state index in [2.05, 4.69) is 19.0 Å². The van der Waals surface area contributed by atoms with Crippen molar-refractivity contribution < 1.29 is 18.4 Å². The van der Waals surface area contributed by atoms with E-state index in [-0.39, 0.29) is 23.2 Å². The molecule has 5 heteroatoms. The number of halogens is 2. The molecule has 29 heavy (non-hydrogen) atoms. The number of Topliss-reactive ketones (excluding diaryl/α,β-unsaturated/α-hetero) is 1. The molecule has 0 bridgehead atoms. The van der Waals surface area contributed by atoms with Gasteiger partial charge in [0.1, 0.15) is 17.2 Å². The van der Waals surface area contributed by atoms with E-state index in [1.165, 1.54) is 12.1 Å². The number of oxime groups is 1. The minimum atomic E-state index is -0.666. The predicted molar refractivity (Wildman–Crippen MR) is 111 cm³/mol. The van der Waals surface area contributed by atoms with Gasteiger partial charge >= 0.3 is 0 Å². The molecule has 1 unspecified atom stereocenters. The molecule has 0 fully saturated rings. The summed E-state index contributed by atoms with van der Waals surface area (Å²) in [6, 6.07) is 8.71. The van der Waals surface area contributed by atoms with Crippen LogP contribution < -0.4 is 0 Å². The third-order valence-electron chi connectivity index (χ3n) is 5.53. The van der Waals surface area contributed by atoms with Gasteiger partial charge in [-0.1, -0.05) is 32.9 Å². The van der Waals surface area contributed by atoms with Crippen LogP contribution >= 0.6 is 0 Å². The zero-order chi connectivity index (χ0) is 21.3. The molecule has 0 amide bonds. The number of hydrogen-bond acceptors (Lipinski definition) is 3. The molecule has 0 aliphatic carbocycles. The van der Waals surface area contributed by atoms with Crippen molar-refractivity contribution in [1.82, 2.24) is 0 Å². The van der Waals surface area contributed by atoms with Crippen LogP contribution in [0.1, 0.15) is 63.4 Å². The maximum Gasteiger partial charge on any atom is 0.163 e. The first-order valence-electron chi connectivity index (χ1n) is 9.98. The zero-order valence-electron chi connectivity index (χ0n) is 17.6. The summed E-state index contributed by atoms with van der Waals surface area (Å²) < 4.78 is 27.8. The van der Waals surface area contributed by atoms with Gasteiger partial charge in [-0.25, -0.2) is 8.78 Å². The molecule has 0 N–H and O–H groups in total. The van der Waals surface area contributed by atoms with Crippen molar-refractivity contribution in [3.8, 4) is 11.1 Å². The molecule has 3 nitrogen and oxygen atoms in total. The summed E-state index contributed by atoms with van der Waals surface area (Å²) in [5.41, 5.74) is 2.29. The molecular weight excluding hydrogens is 372 g/mol. The largest absolute Gasteiger partial charge is 0.389 e. The van der Waals surface area contributed by atoms with Gasteiger partial charge in [0.2, 0.25) is 0 Å². The summed E-state index contributed by atoms with van der Waals surface area (Å²) in [7, 11) is 0. The van der Waals surface area contributed by atoms with Crippen molar-refractivity contribution in [2.75, 3.05) is 0 Å². The van der Waals surface area contributed by atoms with Crippen LogP contribution in [0.2, 0.25) is 0 Å². The summed E-state index contributed by atoms with van der Waals surface area (Å²) in [4.78, 5) is 18.5. The molecule has 1 aliphatic rings. The van der Waals surface area contributed by atoms with E-state index in [1.54, 1.807) is 18.2 Å². The molecule has 2 aromatic rings. The molecule has 2 aromatic carbocycles. The summed E-state index contributed by atoms with van der Waals surface area (Å²) >= 11 is 0. The van der Waals surface area contributed by atoms with Crippen LogP contribution in [0.15, 0.2) is 41.6 Å². The molecule has 0 radical (unpaired) electrons. The Balaban J connectivity index is 2.08. The number of carbonyl (C=O) groups is 1. The standard InChI is InChI=1S/C24H27F2NO2/c1-14(2)8-23(28)18-10-16(20-7-6-19(25)12-21(20)26)9-17(11-18)22-13-24(5,15(3)4)29-27-22/h6-7,9-12,14-15H,8,13H2,1-5H3. The van der Waals surface area contributed by atoms with E-state index in [1.807, 2.05) is 20.8 Å². The average Bonchev–Trinajstić information content (AvgIpc) is 3.04. The fraction of sp³-hybridized carbons (Fsp3) is 0.417. The number of benzene rings is 2. The molecule has 0 aromatic heterocycles. The van der Waals surface area contributed by atoms with E-state index >= 15 is 0 Å². The highest BCUT2D eigenvalue weighted by atomic mass is 19.1. The van der Waals surface area contributed by atoms with Crippen LogP contribution in [0.25, 0.3) is 11.1 Å². The zero-order valence-corrected chi connectivity index (χ0v) is 17.6.